The third-order valence-electron chi connectivity index (χ3n) is 3.10. The number of aromatic nitrogens is 3. The number of thiazole rings is 1. The number of carbonyl (C=O) groups is 1. The Bertz CT molecular complexity index is 845. The van der Waals surface area contributed by atoms with Gasteiger partial charge in [-0.2, -0.15) is 0 Å². The third-order valence-corrected chi connectivity index (χ3v) is 5.91. The van der Waals surface area contributed by atoms with E-state index in [0.29, 0.717) is 10.9 Å². The second-order valence-electron chi connectivity index (χ2n) is 4.97. The van der Waals surface area contributed by atoms with Gasteiger partial charge in [0.25, 0.3) is 0 Å². The van der Waals surface area contributed by atoms with Crippen LogP contribution in [-0.2, 0) is 17.0 Å². The molecular formula is C15H15N5OS3. The average molecular weight is 378 g/mol. The Morgan fingerprint density at radius 3 is 2.92 bits per heavy atom. The minimum Gasteiger partial charge on any atom is -0.374 e. The van der Waals surface area contributed by atoms with E-state index in [1.165, 1.54) is 34.4 Å². The average Bonchev–Trinajstić information content (AvgIpc) is 3.16. The van der Waals surface area contributed by atoms with E-state index in [1.807, 2.05) is 36.6 Å². The summed E-state index contributed by atoms with van der Waals surface area (Å²) in [5, 5.41) is 13.9. The standard InChI is InChI=1S/C15H15N5OS3/c1-9-4-2-3-5-11(9)18-12(21)6-13-17-10(7-22-13)8-23-15-20-19-14(16)24-15/h2-5,7H,6,8H2,1H3,(H2,16,19)(H,18,21). The van der Waals surface area contributed by atoms with Crippen LogP contribution < -0.4 is 11.1 Å². The molecule has 2 aromatic heterocycles. The molecular weight excluding hydrogens is 362 g/mol. The summed E-state index contributed by atoms with van der Waals surface area (Å²) in [4.78, 5) is 16.6. The second kappa shape index (κ2) is 7.73. The second-order valence-corrected chi connectivity index (χ2v) is 8.14. The summed E-state index contributed by atoms with van der Waals surface area (Å²) >= 11 is 4.39. The first kappa shape index (κ1) is 16.9. The highest BCUT2D eigenvalue weighted by atomic mass is 32.2. The van der Waals surface area contributed by atoms with E-state index in [1.54, 1.807) is 0 Å². The van der Waals surface area contributed by atoms with Gasteiger partial charge in [-0.25, -0.2) is 4.98 Å². The molecule has 0 spiro atoms. The minimum atomic E-state index is -0.0604. The monoisotopic (exact) mass is 377 g/mol. The number of para-hydroxylation sites is 1. The molecule has 9 heteroatoms. The molecule has 0 radical (unpaired) electrons. The predicted molar refractivity (Wildman–Crippen MR) is 99.5 cm³/mol. The first-order chi connectivity index (χ1) is 11.6. The molecule has 0 aliphatic rings. The normalized spacial score (nSPS) is 10.7. The van der Waals surface area contributed by atoms with Gasteiger partial charge in [0.05, 0.1) is 12.1 Å². The number of nitrogens with two attached hydrogens (primary N) is 1. The molecule has 3 N–H and O–H groups in total. The maximum absolute atomic E-state index is 12.1. The van der Waals surface area contributed by atoms with Crippen molar-refractivity contribution in [2.24, 2.45) is 0 Å². The van der Waals surface area contributed by atoms with E-state index < -0.39 is 0 Å². The highest BCUT2D eigenvalue weighted by Gasteiger charge is 2.10. The summed E-state index contributed by atoms with van der Waals surface area (Å²) in [6.07, 6.45) is 0.273. The maximum atomic E-state index is 12.1. The van der Waals surface area contributed by atoms with E-state index in [9.17, 15) is 4.79 Å². The number of benzene rings is 1. The zero-order valence-electron chi connectivity index (χ0n) is 12.9. The van der Waals surface area contributed by atoms with Crippen LogP contribution in [0.15, 0.2) is 34.0 Å². The first-order valence-electron chi connectivity index (χ1n) is 7.10. The Morgan fingerprint density at radius 2 is 2.17 bits per heavy atom. The molecule has 0 aliphatic carbocycles. The molecule has 3 rings (SSSR count). The fraction of sp³-hybridized carbons (Fsp3) is 0.200. The van der Waals surface area contributed by atoms with Crippen LogP contribution in [0.2, 0.25) is 0 Å². The molecule has 24 heavy (non-hydrogen) atoms. The van der Waals surface area contributed by atoms with Crippen molar-refractivity contribution in [3.05, 3.63) is 45.9 Å². The molecule has 0 atom stereocenters. The number of nitrogens with one attached hydrogen (secondary N) is 1. The lowest BCUT2D eigenvalue weighted by molar-refractivity contribution is -0.115. The Kier molecular flexibility index (Phi) is 5.44. The molecule has 0 aliphatic heterocycles. The van der Waals surface area contributed by atoms with Crippen molar-refractivity contribution in [3.63, 3.8) is 0 Å². The smallest absolute Gasteiger partial charge is 0.231 e. The Labute approximate surface area is 151 Å². The first-order valence-corrected chi connectivity index (χ1v) is 9.79. The summed E-state index contributed by atoms with van der Waals surface area (Å²) in [7, 11) is 0. The van der Waals surface area contributed by atoms with Gasteiger partial charge in [0.15, 0.2) is 4.34 Å². The van der Waals surface area contributed by atoms with Gasteiger partial charge in [0, 0.05) is 16.8 Å². The highest BCUT2D eigenvalue weighted by molar-refractivity contribution is 8.00. The van der Waals surface area contributed by atoms with Gasteiger partial charge < -0.3 is 11.1 Å². The largest absolute Gasteiger partial charge is 0.374 e. The number of anilines is 2. The molecule has 2 heterocycles. The van der Waals surface area contributed by atoms with Crippen molar-refractivity contribution in [1.29, 1.82) is 0 Å². The summed E-state index contributed by atoms with van der Waals surface area (Å²) in [6.45, 7) is 1.97. The fourth-order valence-electron chi connectivity index (χ4n) is 1.96. The Hall–Kier alpha value is -1.97. The zero-order chi connectivity index (χ0) is 16.9. The van der Waals surface area contributed by atoms with Crippen LogP contribution in [-0.4, -0.2) is 21.1 Å². The van der Waals surface area contributed by atoms with Crippen LogP contribution >= 0.6 is 34.4 Å². The molecule has 124 valence electrons. The van der Waals surface area contributed by atoms with Gasteiger partial charge >= 0.3 is 0 Å². The Balaban J connectivity index is 1.53. The van der Waals surface area contributed by atoms with E-state index in [2.05, 4.69) is 20.5 Å². The fourth-order valence-corrected chi connectivity index (χ4v) is 4.38. The molecule has 1 aromatic carbocycles. The van der Waals surface area contributed by atoms with Crippen LogP contribution in [0, 0.1) is 6.92 Å². The Morgan fingerprint density at radius 1 is 1.33 bits per heavy atom. The van der Waals surface area contributed by atoms with E-state index >= 15 is 0 Å². The van der Waals surface area contributed by atoms with E-state index in [4.69, 9.17) is 5.73 Å². The summed E-state index contributed by atoms with van der Waals surface area (Å²) in [6, 6.07) is 7.71. The van der Waals surface area contributed by atoms with Gasteiger partial charge in [-0.05, 0) is 18.6 Å². The van der Waals surface area contributed by atoms with Gasteiger partial charge in [-0.1, -0.05) is 41.3 Å². The lowest BCUT2D eigenvalue weighted by Gasteiger charge is -2.06. The van der Waals surface area contributed by atoms with E-state index in [-0.39, 0.29) is 12.3 Å². The summed E-state index contributed by atoms with van der Waals surface area (Å²) in [5.74, 6) is 0.625. The van der Waals surface area contributed by atoms with Gasteiger partial charge in [-0.15, -0.1) is 21.5 Å². The van der Waals surface area contributed by atoms with Crippen LogP contribution in [0.25, 0.3) is 0 Å². The SMILES string of the molecule is Cc1ccccc1NC(=O)Cc1nc(CSc2nnc(N)s2)cs1. The van der Waals surface area contributed by atoms with Gasteiger partial charge in [-0.3, -0.25) is 4.79 Å². The molecule has 0 bridgehead atoms. The van der Waals surface area contributed by atoms with E-state index in [0.717, 1.165) is 26.3 Å². The number of aryl methyl sites for hydroxylation is 1. The lowest BCUT2D eigenvalue weighted by atomic mass is 10.2. The molecule has 0 saturated carbocycles. The van der Waals surface area contributed by atoms with Crippen LogP contribution in [0.4, 0.5) is 10.8 Å². The van der Waals surface area contributed by atoms with Crippen molar-refractivity contribution >= 4 is 51.2 Å². The third kappa shape index (κ3) is 4.53. The number of thioether (sulfide) groups is 1. The molecule has 1 amide bonds. The number of nitrogens with zero attached hydrogens (tertiary/aromatic N) is 3. The number of carbonyl (C=O) groups excluding carboxylic acids is 1. The number of nitrogen functional groups attached to an aromatic ring is 1. The topological polar surface area (TPSA) is 93.8 Å². The quantitative estimate of drug-likeness (QED) is 0.640. The molecule has 0 fully saturated rings. The minimum absolute atomic E-state index is 0.0604. The number of hydrogen-bond acceptors (Lipinski definition) is 8. The van der Waals surface area contributed by atoms with Crippen molar-refractivity contribution in [1.82, 2.24) is 15.2 Å². The van der Waals surface area contributed by atoms with Crippen LogP contribution in [0.3, 0.4) is 0 Å². The number of rotatable bonds is 6. The van der Waals surface area contributed by atoms with Crippen molar-refractivity contribution in [3.8, 4) is 0 Å². The lowest BCUT2D eigenvalue weighted by Crippen LogP contribution is -2.15. The molecule has 6 nitrogen and oxygen atoms in total. The number of hydrogen-bond donors (Lipinski definition) is 2. The molecule has 0 saturated heterocycles. The van der Waals surface area contributed by atoms with Crippen LogP contribution in [0.5, 0.6) is 0 Å². The number of amides is 1. The van der Waals surface area contributed by atoms with Crippen molar-refractivity contribution in [2.75, 3.05) is 11.1 Å². The molecule has 3 aromatic rings. The van der Waals surface area contributed by atoms with Gasteiger partial charge in [0.2, 0.25) is 11.0 Å². The predicted octanol–water partition coefficient (Wildman–Crippen LogP) is 3.36. The van der Waals surface area contributed by atoms with Crippen molar-refractivity contribution < 1.29 is 4.79 Å². The highest BCUT2D eigenvalue weighted by Crippen LogP contribution is 2.27. The maximum Gasteiger partial charge on any atom is 0.231 e. The molecule has 0 unspecified atom stereocenters. The van der Waals surface area contributed by atoms with Gasteiger partial charge in [0.1, 0.15) is 5.01 Å². The zero-order valence-corrected chi connectivity index (χ0v) is 15.3. The summed E-state index contributed by atoms with van der Waals surface area (Å²) < 4.78 is 0.819. The van der Waals surface area contributed by atoms with Crippen LogP contribution in [0.1, 0.15) is 16.3 Å². The van der Waals surface area contributed by atoms with Crippen molar-refractivity contribution in [2.45, 2.75) is 23.4 Å². The summed E-state index contributed by atoms with van der Waals surface area (Å²) in [5.41, 5.74) is 8.36.